The molecule has 0 aromatic heterocycles. The van der Waals surface area contributed by atoms with Crippen molar-refractivity contribution in [3.63, 3.8) is 0 Å². The third kappa shape index (κ3) is 5.36. The van der Waals surface area contributed by atoms with Gasteiger partial charge in [0.2, 0.25) is 5.91 Å². The number of aliphatic hydroxyl groups is 1. The summed E-state index contributed by atoms with van der Waals surface area (Å²) >= 11 is 0. The van der Waals surface area contributed by atoms with Crippen molar-refractivity contribution in [2.75, 3.05) is 32.8 Å². The van der Waals surface area contributed by atoms with Crippen LogP contribution in [-0.2, 0) is 4.79 Å². The summed E-state index contributed by atoms with van der Waals surface area (Å²) in [5, 5.41) is 12.4. The Bertz CT molecular complexity index is 228. The molecular formula is C14H28N2O2. The third-order valence-corrected chi connectivity index (χ3v) is 3.61. The zero-order chi connectivity index (χ0) is 13.2. The van der Waals surface area contributed by atoms with Gasteiger partial charge in [-0.1, -0.05) is 26.2 Å². The minimum atomic E-state index is 0.0691. The number of rotatable bonds is 8. The first-order valence-corrected chi connectivity index (χ1v) is 7.40. The Morgan fingerprint density at radius 3 is 2.78 bits per heavy atom. The van der Waals surface area contributed by atoms with E-state index in [0.717, 1.165) is 38.9 Å². The molecule has 0 aliphatic carbocycles. The van der Waals surface area contributed by atoms with Crippen LogP contribution in [0.2, 0.25) is 0 Å². The van der Waals surface area contributed by atoms with Gasteiger partial charge in [0.15, 0.2) is 0 Å². The zero-order valence-electron chi connectivity index (χ0n) is 11.7. The highest BCUT2D eigenvalue weighted by Gasteiger charge is 2.25. The van der Waals surface area contributed by atoms with Crippen molar-refractivity contribution in [3.8, 4) is 0 Å². The number of hydrogen-bond acceptors (Lipinski definition) is 3. The number of aliphatic hydroxyl groups excluding tert-OH is 1. The van der Waals surface area contributed by atoms with Crippen LogP contribution in [0.15, 0.2) is 0 Å². The largest absolute Gasteiger partial charge is 0.395 e. The fraction of sp³-hybridized carbons (Fsp3) is 0.929. The van der Waals surface area contributed by atoms with E-state index in [1.54, 1.807) is 0 Å². The molecule has 1 aliphatic rings. The topological polar surface area (TPSA) is 52.6 Å². The second-order valence-electron chi connectivity index (χ2n) is 5.15. The maximum Gasteiger partial charge on any atom is 0.227 e. The van der Waals surface area contributed by atoms with Gasteiger partial charge in [-0.3, -0.25) is 4.79 Å². The quantitative estimate of drug-likeness (QED) is 0.645. The number of piperidine rings is 1. The highest BCUT2D eigenvalue weighted by Crippen LogP contribution is 2.14. The van der Waals surface area contributed by atoms with Crippen LogP contribution in [0.3, 0.4) is 0 Å². The van der Waals surface area contributed by atoms with E-state index in [4.69, 9.17) is 5.11 Å². The fourth-order valence-corrected chi connectivity index (χ4v) is 2.50. The van der Waals surface area contributed by atoms with E-state index < -0.39 is 0 Å². The first kappa shape index (κ1) is 15.4. The van der Waals surface area contributed by atoms with Crippen molar-refractivity contribution in [1.29, 1.82) is 0 Å². The van der Waals surface area contributed by atoms with Crippen molar-refractivity contribution < 1.29 is 9.90 Å². The molecule has 1 atom stereocenters. The highest BCUT2D eigenvalue weighted by molar-refractivity contribution is 5.79. The molecule has 1 saturated heterocycles. The molecule has 2 N–H and O–H groups in total. The fourth-order valence-electron chi connectivity index (χ4n) is 2.50. The van der Waals surface area contributed by atoms with Gasteiger partial charge in [0.05, 0.1) is 12.5 Å². The normalized spacial score (nSPS) is 19.8. The Kier molecular flexibility index (Phi) is 8.01. The number of nitrogens with zero attached hydrogens (tertiary/aromatic N) is 1. The van der Waals surface area contributed by atoms with Crippen molar-refractivity contribution >= 4 is 5.91 Å². The molecule has 1 rings (SSSR count). The molecule has 18 heavy (non-hydrogen) atoms. The molecule has 4 nitrogen and oxygen atoms in total. The first-order valence-electron chi connectivity index (χ1n) is 7.40. The molecule has 0 spiro atoms. The SMILES string of the molecule is CCCCCCN(CCO)C(=O)[C@@H]1CCCNC1. The van der Waals surface area contributed by atoms with Gasteiger partial charge >= 0.3 is 0 Å². The Morgan fingerprint density at radius 2 is 2.17 bits per heavy atom. The molecule has 0 unspecified atom stereocenters. The van der Waals surface area contributed by atoms with E-state index >= 15 is 0 Å². The lowest BCUT2D eigenvalue weighted by Crippen LogP contribution is -2.44. The second kappa shape index (κ2) is 9.34. The monoisotopic (exact) mass is 256 g/mol. The minimum Gasteiger partial charge on any atom is -0.395 e. The van der Waals surface area contributed by atoms with Crippen molar-refractivity contribution in [2.45, 2.75) is 45.4 Å². The molecule has 1 fully saturated rings. The average Bonchev–Trinajstić information content (AvgIpc) is 2.42. The molecule has 1 amide bonds. The summed E-state index contributed by atoms with van der Waals surface area (Å²) in [5.74, 6) is 0.351. The van der Waals surface area contributed by atoms with E-state index in [1.165, 1.54) is 19.3 Å². The highest BCUT2D eigenvalue weighted by atomic mass is 16.3. The lowest BCUT2D eigenvalue weighted by Gasteiger charge is -2.29. The van der Waals surface area contributed by atoms with Gasteiger partial charge in [-0.2, -0.15) is 0 Å². The van der Waals surface area contributed by atoms with E-state index in [-0.39, 0.29) is 18.4 Å². The van der Waals surface area contributed by atoms with Crippen LogP contribution in [0.25, 0.3) is 0 Å². The molecule has 0 radical (unpaired) electrons. The molecule has 0 bridgehead atoms. The maximum atomic E-state index is 12.3. The number of nitrogens with one attached hydrogen (secondary N) is 1. The number of unbranched alkanes of at least 4 members (excludes halogenated alkanes) is 3. The predicted molar refractivity (Wildman–Crippen MR) is 73.4 cm³/mol. The van der Waals surface area contributed by atoms with Crippen LogP contribution in [0, 0.1) is 5.92 Å². The molecule has 0 aromatic carbocycles. The first-order chi connectivity index (χ1) is 8.79. The maximum absolute atomic E-state index is 12.3. The standard InChI is InChI=1S/C14H28N2O2/c1-2-3-4-5-9-16(10-11-17)14(18)13-7-6-8-15-12-13/h13,15,17H,2-12H2,1H3/t13-/m1/s1. The van der Waals surface area contributed by atoms with Crippen molar-refractivity contribution in [3.05, 3.63) is 0 Å². The summed E-state index contributed by atoms with van der Waals surface area (Å²) in [4.78, 5) is 14.2. The third-order valence-electron chi connectivity index (χ3n) is 3.61. The van der Waals surface area contributed by atoms with Crippen LogP contribution < -0.4 is 5.32 Å². The Balaban J connectivity index is 2.35. The van der Waals surface area contributed by atoms with Gasteiger partial charge in [0, 0.05) is 19.6 Å². The van der Waals surface area contributed by atoms with E-state index in [0.29, 0.717) is 6.54 Å². The molecule has 1 aliphatic heterocycles. The number of amides is 1. The van der Waals surface area contributed by atoms with Gasteiger partial charge in [0.25, 0.3) is 0 Å². The van der Waals surface area contributed by atoms with Gasteiger partial charge in [-0.05, 0) is 25.8 Å². The van der Waals surface area contributed by atoms with Crippen LogP contribution in [0.5, 0.6) is 0 Å². The van der Waals surface area contributed by atoms with Crippen molar-refractivity contribution in [1.82, 2.24) is 10.2 Å². The number of carbonyl (C=O) groups is 1. The smallest absolute Gasteiger partial charge is 0.227 e. The summed E-state index contributed by atoms with van der Waals surface area (Å²) in [7, 11) is 0. The second-order valence-corrected chi connectivity index (χ2v) is 5.15. The molecule has 1 heterocycles. The lowest BCUT2D eigenvalue weighted by molar-refractivity contribution is -0.136. The summed E-state index contributed by atoms with van der Waals surface area (Å²) in [6.07, 6.45) is 6.74. The Hall–Kier alpha value is -0.610. The molecule has 0 saturated carbocycles. The lowest BCUT2D eigenvalue weighted by atomic mass is 9.98. The van der Waals surface area contributed by atoms with E-state index in [2.05, 4.69) is 12.2 Å². The number of hydrogen-bond donors (Lipinski definition) is 2. The van der Waals surface area contributed by atoms with Gasteiger partial charge in [0.1, 0.15) is 0 Å². The van der Waals surface area contributed by atoms with Crippen LogP contribution in [0.1, 0.15) is 45.4 Å². The summed E-state index contributed by atoms with van der Waals surface area (Å²) in [5.41, 5.74) is 0. The summed E-state index contributed by atoms with van der Waals surface area (Å²) in [6, 6.07) is 0. The zero-order valence-corrected chi connectivity index (χ0v) is 11.7. The number of carbonyl (C=O) groups excluding carboxylic acids is 1. The van der Waals surface area contributed by atoms with Gasteiger partial charge in [-0.25, -0.2) is 0 Å². The minimum absolute atomic E-state index is 0.0691. The van der Waals surface area contributed by atoms with Crippen molar-refractivity contribution in [2.24, 2.45) is 5.92 Å². The van der Waals surface area contributed by atoms with Gasteiger partial charge in [-0.15, -0.1) is 0 Å². The molecule has 106 valence electrons. The van der Waals surface area contributed by atoms with E-state index in [9.17, 15) is 4.79 Å². The Morgan fingerprint density at radius 1 is 1.33 bits per heavy atom. The summed E-state index contributed by atoms with van der Waals surface area (Å²) < 4.78 is 0. The van der Waals surface area contributed by atoms with E-state index in [1.807, 2.05) is 4.90 Å². The summed E-state index contributed by atoms with van der Waals surface area (Å²) in [6.45, 7) is 5.37. The Labute approximate surface area is 111 Å². The van der Waals surface area contributed by atoms with Crippen LogP contribution in [0.4, 0.5) is 0 Å². The van der Waals surface area contributed by atoms with Crippen LogP contribution >= 0.6 is 0 Å². The molecular weight excluding hydrogens is 228 g/mol. The van der Waals surface area contributed by atoms with Gasteiger partial charge < -0.3 is 15.3 Å². The van der Waals surface area contributed by atoms with Crippen LogP contribution in [-0.4, -0.2) is 48.7 Å². The molecule has 4 heteroatoms. The molecule has 0 aromatic rings. The average molecular weight is 256 g/mol. The predicted octanol–water partition coefficient (Wildman–Crippen LogP) is 1.39.